The average Bonchev–Trinajstić information content (AvgIpc) is 3.20. The number of benzene rings is 1. The minimum absolute atomic E-state index is 0.0741. The Bertz CT molecular complexity index is 775. The fourth-order valence-corrected chi connectivity index (χ4v) is 3.42. The summed E-state index contributed by atoms with van der Waals surface area (Å²) in [5.41, 5.74) is 0.930. The lowest BCUT2D eigenvalue weighted by Crippen LogP contribution is -2.39. The van der Waals surface area contributed by atoms with Crippen molar-refractivity contribution in [3.05, 3.63) is 46.2 Å². The van der Waals surface area contributed by atoms with Gasteiger partial charge in [-0.3, -0.25) is 9.59 Å². The van der Waals surface area contributed by atoms with E-state index >= 15 is 0 Å². The van der Waals surface area contributed by atoms with E-state index in [4.69, 9.17) is 9.47 Å². The smallest absolute Gasteiger partial charge is 0.261 e. The predicted octanol–water partition coefficient (Wildman–Crippen LogP) is 3.79. The predicted molar refractivity (Wildman–Crippen MR) is 111 cm³/mol. The van der Waals surface area contributed by atoms with Gasteiger partial charge in [0, 0.05) is 0 Å². The first-order valence-electron chi connectivity index (χ1n) is 9.46. The molecule has 28 heavy (non-hydrogen) atoms. The van der Waals surface area contributed by atoms with Gasteiger partial charge in [-0.05, 0) is 48.9 Å². The second-order valence-corrected chi connectivity index (χ2v) is 7.47. The SMILES string of the molecule is CCOc1ccc(C(NC(=O)CNC(=O)c2cccs2)C(C)C)cc1OCC. The molecule has 0 saturated heterocycles. The lowest BCUT2D eigenvalue weighted by Gasteiger charge is -2.24. The van der Waals surface area contributed by atoms with Gasteiger partial charge in [-0.15, -0.1) is 11.3 Å². The van der Waals surface area contributed by atoms with Crippen molar-refractivity contribution in [2.45, 2.75) is 33.7 Å². The first kappa shape index (κ1) is 21.8. The Balaban J connectivity index is 2.06. The van der Waals surface area contributed by atoms with Crippen LogP contribution >= 0.6 is 11.3 Å². The van der Waals surface area contributed by atoms with Gasteiger partial charge in [0.05, 0.1) is 30.7 Å². The summed E-state index contributed by atoms with van der Waals surface area (Å²) in [6.07, 6.45) is 0. The van der Waals surface area contributed by atoms with E-state index in [0.29, 0.717) is 29.6 Å². The zero-order chi connectivity index (χ0) is 20.5. The van der Waals surface area contributed by atoms with Gasteiger partial charge in [-0.25, -0.2) is 0 Å². The second kappa shape index (κ2) is 10.7. The van der Waals surface area contributed by atoms with Crippen molar-refractivity contribution in [1.82, 2.24) is 10.6 Å². The van der Waals surface area contributed by atoms with E-state index in [9.17, 15) is 9.59 Å². The molecule has 2 amide bonds. The molecule has 2 N–H and O–H groups in total. The van der Waals surface area contributed by atoms with Crippen molar-refractivity contribution in [2.75, 3.05) is 19.8 Å². The van der Waals surface area contributed by atoms with Gasteiger partial charge in [-0.2, -0.15) is 0 Å². The van der Waals surface area contributed by atoms with Crippen LogP contribution in [0.2, 0.25) is 0 Å². The number of carbonyl (C=O) groups excluding carboxylic acids is 2. The third-order valence-electron chi connectivity index (χ3n) is 4.06. The van der Waals surface area contributed by atoms with Crippen LogP contribution in [0, 0.1) is 5.92 Å². The van der Waals surface area contributed by atoms with Crippen LogP contribution in [0.1, 0.15) is 49.0 Å². The van der Waals surface area contributed by atoms with Gasteiger partial charge in [-0.1, -0.05) is 26.0 Å². The van der Waals surface area contributed by atoms with E-state index in [2.05, 4.69) is 10.6 Å². The van der Waals surface area contributed by atoms with Crippen LogP contribution in [-0.4, -0.2) is 31.6 Å². The summed E-state index contributed by atoms with van der Waals surface area (Å²) in [5.74, 6) is 1.02. The summed E-state index contributed by atoms with van der Waals surface area (Å²) in [6, 6.07) is 9.03. The summed E-state index contributed by atoms with van der Waals surface area (Å²) in [7, 11) is 0. The molecule has 152 valence electrons. The Morgan fingerprint density at radius 2 is 1.79 bits per heavy atom. The zero-order valence-electron chi connectivity index (χ0n) is 16.8. The van der Waals surface area contributed by atoms with Crippen LogP contribution in [0.4, 0.5) is 0 Å². The molecule has 1 atom stereocenters. The summed E-state index contributed by atoms with van der Waals surface area (Å²) < 4.78 is 11.3. The first-order chi connectivity index (χ1) is 13.5. The third kappa shape index (κ3) is 5.99. The molecule has 0 fully saturated rings. The van der Waals surface area contributed by atoms with Crippen molar-refractivity contribution in [3.8, 4) is 11.5 Å². The number of rotatable bonds is 10. The van der Waals surface area contributed by atoms with Crippen LogP contribution in [-0.2, 0) is 4.79 Å². The number of nitrogens with one attached hydrogen (secondary N) is 2. The van der Waals surface area contributed by atoms with Crippen molar-refractivity contribution in [3.63, 3.8) is 0 Å². The highest BCUT2D eigenvalue weighted by molar-refractivity contribution is 7.12. The molecule has 0 spiro atoms. The van der Waals surface area contributed by atoms with Gasteiger partial charge < -0.3 is 20.1 Å². The van der Waals surface area contributed by atoms with Crippen molar-refractivity contribution in [2.24, 2.45) is 5.92 Å². The molecule has 1 aromatic carbocycles. The van der Waals surface area contributed by atoms with Crippen molar-refractivity contribution < 1.29 is 19.1 Å². The Kier molecular flexibility index (Phi) is 8.32. The molecule has 0 aliphatic rings. The fourth-order valence-electron chi connectivity index (χ4n) is 2.78. The Hall–Kier alpha value is -2.54. The number of amides is 2. The maximum Gasteiger partial charge on any atom is 0.261 e. The van der Waals surface area contributed by atoms with Gasteiger partial charge in [0.25, 0.3) is 5.91 Å². The molecule has 6 nitrogen and oxygen atoms in total. The van der Waals surface area contributed by atoms with Gasteiger partial charge in [0.1, 0.15) is 0 Å². The molecule has 0 aliphatic carbocycles. The van der Waals surface area contributed by atoms with Gasteiger partial charge in [0.15, 0.2) is 11.5 Å². The molecule has 0 aliphatic heterocycles. The maximum atomic E-state index is 12.4. The molecule has 1 unspecified atom stereocenters. The molecule has 0 saturated carbocycles. The number of carbonyl (C=O) groups is 2. The average molecular weight is 405 g/mol. The molecular weight excluding hydrogens is 376 g/mol. The van der Waals surface area contributed by atoms with Crippen LogP contribution in [0.5, 0.6) is 11.5 Å². The van der Waals surface area contributed by atoms with Gasteiger partial charge in [0.2, 0.25) is 5.91 Å². The first-order valence-corrected chi connectivity index (χ1v) is 10.3. The minimum Gasteiger partial charge on any atom is -0.490 e. The van der Waals surface area contributed by atoms with Crippen molar-refractivity contribution in [1.29, 1.82) is 0 Å². The number of hydrogen-bond donors (Lipinski definition) is 2. The van der Waals surface area contributed by atoms with E-state index in [-0.39, 0.29) is 30.3 Å². The lowest BCUT2D eigenvalue weighted by atomic mass is 9.95. The van der Waals surface area contributed by atoms with Crippen molar-refractivity contribution >= 4 is 23.2 Å². The minimum atomic E-state index is -0.244. The van der Waals surface area contributed by atoms with Gasteiger partial charge >= 0.3 is 0 Å². The van der Waals surface area contributed by atoms with Crippen LogP contribution in [0.3, 0.4) is 0 Å². The van der Waals surface area contributed by atoms with E-state index in [1.807, 2.05) is 51.3 Å². The third-order valence-corrected chi connectivity index (χ3v) is 4.93. The summed E-state index contributed by atoms with van der Waals surface area (Å²) in [4.78, 5) is 25.0. The second-order valence-electron chi connectivity index (χ2n) is 6.52. The monoisotopic (exact) mass is 404 g/mol. The molecule has 0 radical (unpaired) electrons. The maximum absolute atomic E-state index is 12.4. The Labute approximate surface area is 170 Å². The quantitative estimate of drug-likeness (QED) is 0.632. The van der Waals surface area contributed by atoms with Crippen LogP contribution < -0.4 is 20.1 Å². The number of ether oxygens (including phenoxy) is 2. The largest absolute Gasteiger partial charge is 0.490 e. The zero-order valence-corrected chi connectivity index (χ0v) is 17.6. The van der Waals surface area contributed by atoms with E-state index < -0.39 is 0 Å². The molecule has 0 bridgehead atoms. The highest BCUT2D eigenvalue weighted by Gasteiger charge is 2.21. The van der Waals surface area contributed by atoms with Crippen LogP contribution in [0.15, 0.2) is 35.7 Å². The number of hydrogen-bond acceptors (Lipinski definition) is 5. The topological polar surface area (TPSA) is 76.7 Å². The lowest BCUT2D eigenvalue weighted by molar-refractivity contribution is -0.121. The summed E-state index contributed by atoms with van der Waals surface area (Å²) in [5, 5.41) is 7.49. The molecule has 1 heterocycles. The normalized spacial score (nSPS) is 11.8. The van der Waals surface area contributed by atoms with E-state index in [1.165, 1.54) is 11.3 Å². The standard InChI is InChI=1S/C21H28N2O4S/c1-5-26-16-10-9-15(12-17(16)27-6-2)20(14(3)4)23-19(24)13-22-21(25)18-8-7-11-28-18/h7-12,14,20H,5-6,13H2,1-4H3,(H,22,25)(H,23,24). The molecule has 2 aromatic rings. The Morgan fingerprint density at radius 3 is 2.39 bits per heavy atom. The Morgan fingerprint density at radius 1 is 1.07 bits per heavy atom. The molecule has 7 heteroatoms. The van der Waals surface area contributed by atoms with E-state index in [0.717, 1.165) is 5.56 Å². The number of thiophene rings is 1. The summed E-state index contributed by atoms with van der Waals surface area (Å²) in [6.45, 7) is 8.91. The molecule has 1 aromatic heterocycles. The van der Waals surface area contributed by atoms with E-state index in [1.54, 1.807) is 12.1 Å². The molecular formula is C21H28N2O4S. The fraction of sp³-hybridized carbons (Fsp3) is 0.429. The highest BCUT2D eigenvalue weighted by atomic mass is 32.1. The summed E-state index contributed by atoms with van der Waals surface area (Å²) >= 11 is 1.34. The van der Waals surface area contributed by atoms with Crippen LogP contribution in [0.25, 0.3) is 0 Å². The highest BCUT2D eigenvalue weighted by Crippen LogP contribution is 2.32. The molecule has 2 rings (SSSR count).